The van der Waals surface area contributed by atoms with Crippen LogP contribution in [0.3, 0.4) is 0 Å². The summed E-state index contributed by atoms with van der Waals surface area (Å²) < 4.78 is 0. The van der Waals surface area contributed by atoms with Gasteiger partial charge >= 0.3 is 0 Å². The summed E-state index contributed by atoms with van der Waals surface area (Å²) in [6.45, 7) is 4.65. The summed E-state index contributed by atoms with van der Waals surface area (Å²) in [6.07, 6.45) is 3.85. The van der Waals surface area contributed by atoms with E-state index in [1.807, 2.05) is 0 Å². The first kappa shape index (κ1) is 12.9. The van der Waals surface area contributed by atoms with Crippen molar-refractivity contribution in [3.8, 4) is 0 Å². The van der Waals surface area contributed by atoms with Crippen molar-refractivity contribution in [3.05, 3.63) is 0 Å². The van der Waals surface area contributed by atoms with Gasteiger partial charge in [0.1, 0.15) is 0 Å². The third-order valence-electron chi connectivity index (χ3n) is 6.60. The molecule has 0 saturated heterocycles. The lowest BCUT2D eigenvalue weighted by Crippen LogP contribution is -2.44. The first-order valence-electron chi connectivity index (χ1n) is 7.42. The fourth-order valence-electron chi connectivity index (χ4n) is 5.38. The topological polar surface area (TPSA) is 60.7 Å². The minimum Gasteiger partial charge on any atom is -0.396 e. The van der Waals surface area contributed by atoms with Crippen molar-refractivity contribution in [3.63, 3.8) is 0 Å². The van der Waals surface area contributed by atoms with Gasteiger partial charge in [-0.15, -0.1) is 0 Å². The van der Waals surface area contributed by atoms with E-state index in [0.29, 0.717) is 30.1 Å². The van der Waals surface area contributed by atoms with E-state index in [4.69, 9.17) is 0 Å². The van der Waals surface area contributed by atoms with Crippen molar-refractivity contribution in [1.82, 2.24) is 0 Å². The molecule has 3 rings (SSSR count). The monoisotopic (exact) mass is 254 g/mol. The maximum absolute atomic E-state index is 10.7. The lowest BCUT2D eigenvalue weighted by molar-refractivity contribution is -0.0843. The molecular weight excluding hydrogens is 228 g/mol. The van der Waals surface area contributed by atoms with E-state index in [1.165, 1.54) is 0 Å². The number of fused-ring (bicyclic) bond motifs is 3. The van der Waals surface area contributed by atoms with Crippen LogP contribution in [0.15, 0.2) is 0 Å². The zero-order chi connectivity index (χ0) is 13.1. The van der Waals surface area contributed by atoms with Crippen LogP contribution >= 0.6 is 0 Å². The van der Waals surface area contributed by atoms with Crippen LogP contribution in [-0.4, -0.2) is 34.1 Å². The number of aliphatic hydroxyl groups is 3. The van der Waals surface area contributed by atoms with Gasteiger partial charge in [-0.1, -0.05) is 20.3 Å². The molecular formula is C15H26O3. The van der Waals surface area contributed by atoms with Gasteiger partial charge in [0.05, 0.1) is 12.2 Å². The Morgan fingerprint density at radius 2 is 1.78 bits per heavy atom. The Bertz CT molecular complexity index is 345. The molecule has 18 heavy (non-hydrogen) atoms. The van der Waals surface area contributed by atoms with Crippen LogP contribution in [0, 0.1) is 35.0 Å². The molecule has 0 bridgehead atoms. The molecule has 0 spiro atoms. The third kappa shape index (κ3) is 1.47. The molecule has 104 valence electrons. The number of hydrogen-bond donors (Lipinski definition) is 3. The van der Waals surface area contributed by atoms with Crippen molar-refractivity contribution < 1.29 is 15.3 Å². The smallest absolute Gasteiger partial charge is 0.0908 e. The van der Waals surface area contributed by atoms with E-state index in [9.17, 15) is 15.3 Å². The Hall–Kier alpha value is -0.120. The first-order chi connectivity index (χ1) is 8.48. The van der Waals surface area contributed by atoms with Gasteiger partial charge in [-0.2, -0.15) is 0 Å². The molecule has 0 unspecified atom stereocenters. The minimum absolute atomic E-state index is 0.0816. The maximum atomic E-state index is 10.7. The summed E-state index contributed by atoms with van der Waals surface area (Å²) in [4.78, 5) is 0. The van der Waals surface area contributed by atoms with E-state index in [1.54, 1.807) is 0 Å². The molecule has 0 aromatic carbocycles. The highest BCUT2D eigenvalue weighted by atomic mass is 16.3. The van der Waals surface area contributed by atoms with Gasteiger partial charge in [-0.25, -0.2) is 0 Å². The third-order valence-corrected chi connectivity index (χ3v) is 6.60. The van der Waals surface area contributed by atoms with Crippen molar-refractivity contribution >= 4 is 0 Å². The average molecular weight is 254 g/mol. The molecule has 3 nitrogen and oxygen atoms in total. The molecule has 0 radical (unpaired) electrons. The highest BCUT2D eigenvalue weighted by Crippen LogP contribution is 2.71. The Balaban J connectivity index is 1.93. The van der Waals surface area contributed by atoms with Gasteiger partial charge in [0.2, 0.25) is 0 Å². The van der Waals surface area contributed by atoms with Crippen LogP contribution in [0.25, 0.3) is 0 Å². The largest absolute Gasteiger partial charge is 0.396 e. The molecule has 0 aromatic heterocycles. The van der Waals surface area contributed by atoms with Gasteiger partial charge in [0, 0.05) is 6.61 Å². The zero-order valence-corrected chi connectivity index (χ0v) is 11.5. The molecule has 3 saturated carbocycles. The van der Waals surface area contributed by atoms with E-state index in [0.717, 1.165) is 19.3 Å². The molecule has 7 atom stereocenters. The van der Waals surface area contributed by atoms with E-state index < -0.39 is 5.60 Å². The Morgan fingerprint density at radius 3 is 2.39 bits per heavy atom. The fraction of sp³-hybridized carbons (Fsp3) is 1.00. The normalized spacial score (nSPS) is 58.8. The lowest BCUT2D eigenvalue weighted by Gasteiger charge is -2.37. The van der Waals surface area contributed by atoms with E-state index >= 15 is 0 Å². The summed E-state index contributed by atoms with van der Waals surface area (Å²) >= 11 is 0. The molecule has 0 heterocycles. The predicted molar refractivity (Wildman–Crippen MR) is 68.8 cm³/mol. The van der Waals surface area contributed by atoms with E-state index in [-0.39, 0.29) is 24.5 Å². The molecule has 0 aliphatic heterocycles. The van der Waals surface area contributed by atoms with Gasteiger partial charge in [-0.05, 0) is 54.3 Å². The molecule has 3 aliphatic rings. The van der Waals surface area contributed by atoms with Crippen molar-refractivity contribution in [2.24, 2.45) is 35.0 Å². The highest BCUT2D eigenvalue weighted by Gasteiger charge is 2.69. The first-order valence-corrected chi connectivity index (χ1v) is 7.42. The molecule has 0 aromatic rings. The van der Waals surface area contributed by atoms with Gasteiger partial charge < -0.3 is 15.3 Å². The molecule has 3 fully saturated rings. The molecule has 0 amide bonds. The van der Waals surface area contributed by atoms with Crippen molar-refractivity contribution in [2.75, 3.05) is 13.2 Å². The van der Waals surface area contributed by atoms with Gasteiger partial charge in [0.15, 0.2) is 0 Å². The summed E-state index contributed by atoms with van der Waals surface area (Å²) in [5.41, 5.74) is -0.780. The zero-order valence-electron chi connectivity index (χ0n) is 11.5. The second kappa shape index (κ2) is 3.94. The second-order valence-corrected chi connectivity index (χ2v) is 7.34. The molecule has 3 heteroatoms. The number of hydrogen-bond acceptors (Lipinski definition) is 3. The Kier molecular flexibility index (Phi) is 2.82. The summed E-state index contributed by atoms with van der Waals surface area (Å²) in [5, 5.41) is 30.0. The average Bonchev–Trinajstić information content (AvgIpc) is 2.82. The Morgan fingerprint density at radius 1 is 1.06 bits per heavy atom. The van der Waals surface area contributed by atoms with Gasteiger partial charge in [-0.3, -0.25) is 0 Å². The maximum Gasteiger partial charge on any atom is 0.0908 e. The lowest BCUT2D eigenvalue weighted by atomic mass is 9.74. The Labute approximate surface area is 109 Å². The number of rotatable bonds is 2. The van der Waals surface area contributed by atoms with E-state index in [2.05, 4.69) is 13.8 Å². The van der Waals surface area contributed by atoms with Crippen molar-refractivity contribution in [2.45, 2.75) is 45.1 Å². The van der Waals surface area contributed by atoms with Crippen molar-refractivity contribution in [1.29, 1.82) is 0 Å². The van der Waals surface area contributed by atoms with Crippen LogP contribution < -0.4 is 0 Å². The second-order valence-electron chi connectivity index (χ2n) is 7.34. The summed E-state index contributed by atoms with van der Waals surface area (Å²) in [7, 11) is 0. The van der Waals surface area contributed by atoms with Crippen LogP contribution in [0.2, 0.25) is 0 Å². The highest BCUT2D eigenvalue weighted by molar-refractivity contribution is 5.17. The SMILES string of the molecule is C[C@@H]1CC[C@H]2[C@@H]1[C@H]1[C@@H](CC[C@@]2(O)CO)[C@]1(C)CO. The molecule has 3 aliphatic carbocycles. The summed E-state index contributed by atoms with van der Waals surface area (Å²) in [6, 6.07) is 0. The predicted octanol–water partition coefficient (Wildman–Crippen LogP) is 1.41. The quantitative estimate of drug-likeness (QED) is 0.698. The fourth-order valence-corrected chi connectivity index (χ4v) is 5.38. The molecule has 3 N–H and O–H groups in total. The van der Waals surface area contributed by atoms with Crippen LogP contribution in [0.4, 0.5) is 0 Å². The standard InChI is InChI=1S/C15H26O3/c1-9-3-4-10-12(9)13-11(14(13,2)7-16)5-6-15(10,18)8-17/h9-13,16-18H,3-8H2,1-2H3/t9-,10+,11-,12-,13-,14+,15-/m1/s1. The van der Waals surface area contributed by atoms with Crippen LogP contribution in [0.1, 0.15) is 39.5 Å². The van der Waals surface area contributed by atoms with Crippen LogP contribution in [-0.2, 0) is 0 Å². The number of aliphatic hydroxyl groups excluding tert-OH is 2. The van der Waals surface area contributed by atoms with Crippen LogP contribution in [0.5, 0.6) is 0 Å². The summed E-state index contributed by atoms with van der Waals surface area (Å²) in [5.74, 6) is 2.46. The van der Waals surface area contributed by atoms with Gasteiger partial charge in [0.25, 0.3) is 0 Å². The minimum atomic E-state index is -0.862.